The molecule has 0 radical (unpaired) electrons. The van der Waals surface area contributed by atoms with Crippen molar-refractivity contribution in [2.24, 2.45) is 5.73 Å². The van der Waals surface area contributed by atoms with Crippen LogP contribution < -0.4 is 11.1 Å². The molecule has 1 aromatic rings. The van der Waals surface area contributed by atoms with Crippen LogP contribution in [0.3, 0.4) is 0 Å². The van der Waals surface area contributed by atoms with Gasteiger partial charge in [-0.25, -0.2) is 0 Å². The number of carboxylic acid groups (broad SMARTS) is 1. The fourth-order valence-electron chi connectivity index (χ4n) is 2.15. The highest BCUT2D eigenvalue weighted by molar-refractivity contribution is 5.98. The van der Waals surface area contributed by atoms with Crippen molar-refractivity contribution in [3.63, 3.8) is 0 Å². The summed E-state index contributed by atoms with van der Waals surface area (Å²) < 4.78 is 5.20. The Labute approximate surface area is 116 Å². The van der Waals surface area contributed by atoms with Crippen LogP contribution in [0.15, 0.2) is 24.3 Å². The number of carboxylic acids is 1. The Bertz CT molecular complexity index is 510. The van der Waals surface area contributed by atoms with Crippen molar-refractivity contribution in [2.75, 3.05) is 18.5 Å². The van der Waals surface area contributed by atoms with Crippen LogP contribution >= 0.6 is 0 Å². The molecular formula is C14H18N2O4. The third-order valence-corrected chi connectivity index (χ3v) is 3.38. The van der Waals surface area contributed by atoms with Gasteiger partial charge in [-0.15, -0.1) is 0 Å². The zero-order valence-corrected chi connectivity index (χ0v) is 11.1. The maximum atomic E-state index is 12.2. The molecule has 0 aromatic heterocycles. The second kappa shape index (κ2) is 6.02. The number of nitrogens with one attached hydrogen (secondary N) is 1. The lowest BCUT2D eigenvalue weighted by Crippen LogP contribution is -2.54. The molecule has 2 rings (SSSR count). The van der Waals surface area contributed by atoms with Gasteiger partial charge in [0.1, 0.15) is 5.54 Å². The molecule has 108 valence electrons. The second-order valence-electron chi connectivity index (χ2n) is 4.99. The van der Waals surface area contributed by atoms with Crippen molar-refractivity contribution in [1.82, 2.24) is 0 Å². The van der Waals surface area contributed by atoms with Crippen molar-refractivity contribution in [3.8, 4) is 0 Å². The number of carbonyl (C=O) groups is 2. The van der Waals surface area contributed by atoms with E-state index in [0.29, 0.717) is 37.3 Å². The summed E-state index contributed by atoms with van der Waals surface area (Å²) in [5, 5.41) is 11.5. The van der Waals surface area contributed by atoms with E-state index in [2.05, 4.69) is 5.32 Å². The average Bonchev–Trinajstić information content (AvgIpc) is 2.39. The number of benzene rings is 1. The summed E-state index contributed by atoms with van der Waals surface area (Å²) in [4.78, 5) is 22.9. The van der Waals surface area contributed by atoms with E-state index in [-0.39, 0.29) is 12.3 Å². The summed E-state index contributed by atoms with van der Waals surface area (Å²) in [6.45, 7) is 0.950. The molecule has 1 fully saturated rings. The number of carbonyl (C=O) groups excluding carboxylic acids is 1. The molecule has 6 heteroatoms. The molecule has 4 N–H and O–H groups in total. The Kier molecular flexibility index (Phi) is 4.36. The molecule has 1 amide bonds. The van der Waals surface area contributed by atoms with Gasteiger partial charge in [0.25, 0.3) is 0 Å². The van der Waals surface area contributed by atoms with E-state index in [1.807, 2.05) is 0 Å². The highest BCUT2D eigenvalue weighted by Gasteiger charge is 2.35. The molecule has 1 saturated heterocycles. The first-order valence-electron chi connectivity index (χ1n) is 6.48. The summed E-state index contributed by atoms with van der Waals surface area (Å²) in [5.74, 6) is -1.17. The predicted octanol–water partition coefficient (Wildman–Crippen LogP) is 0.760. The molecule has 20 heavy (non-hydrogen) atoms. The molecule has 1 aliphatic heterocycles. The first-order valence-corrected chi connectivity index (χ1v) is 6.48. The second-order valence-corrected chi connectivity index (χ2v) is 4.99. The maximum absolute atomic E-state index is 12.2. The molecule has 0 unspecified atom stereocenters. The lowest BCUT2D eigenvalue weighted by Gasteiger charge is -2.31. The minimum absolute atomic E-state index is 0.0781. The number of anilines is 1. The van der Waals surface area contributed by atoms with Crippen molar-refractivity contribution < 1.29 is 19.4 Å². The van der Waals surface area contributed by atoms with E-state index >= 15 is 0 Å². The van der Waals surface area contributed by atoms with Gasteiger partial charge in [-0.3, -0.25) is 9.59 Å². The Hall–Kier alpha value is -1.92. The number of nitrogens with two attached hydrogens (primary N) is 1. The number of rotatable bonds is 4. The summed E-state index contributed by atoms with van der Waals surface area (Å²) in [5.41, 5.74) is 6.36. The van der Waals surface area contributed by atoms with Gasteiger partial charge in [0.2, 0.25) is 5.91 Å². The molecule has 0 atom stereocenters. The maximum Gasteiger partial charge on any atom is 0.307 e. The van der Waals surface area contributed by atoms with Gasteiger partial charge in [0.05, 0.1) is 6.42 Å². The molecule has 0 bridgehead atoms. The fraction of sp³-hybridized carbons (Fsp3) is 0.429. The highest BCUT2D eigenvalue weighted by Crippen LogP contribution is 2.20. The van der Waals surface area contributed by atoms with Crippen LogP contribution in [0.25, 0.3) is 0 Å². The van der Waals surface area contributed by atoms with Gasteiger partial charge in [-0.05, 0) is 30.5 Å². The number of aliphatic carboxylic acids is 1. The molecule has 0 aliphatic carbocycles. The standard InChI is InChI=1S/C14H18N2O4/c15-14(4-6-20-7-5-14)13(19)16-11-3-1-2-10(8-11)9-12(17)18/h1-3,8H,4-7,9,15H2,(H,16,19)(H,17,18). The van der Waals surface area contributed by atoms with Crippen LogP contribution in [0.5, 0.6) is 0 Å². The summed E-state index contributed by atoms with van der Waals surface area (Å²) in [6.07, 6.45) is 0.882. The summed E-state index contributed by atoms with van der Waals surface area (Å²) >= 11 is 0. The van der Waals surface area contributed by atoms with E-state index in [1.54, 1.807) is 24.3 Å². The van der Waals surface area contributed by atoms with Gasteiger partial charge in [0.15, 0.2) is 0 Å². The van der Waals surface area contributed by atoms with Crippen LogP contribution in [0.1, 0.15) is 18.4 Å². The van der Waals surface area contributed by atoms with Crippen molar-refractivity contribution >= 4 is 17.6 Å². The smallest absolute Gasteiger partial charge is 0.307 e. The number of ether oxygens (including phenoxy) is 1. The predicted molar refractivity (Wildman–Crippen MR) is 73.4 cm³/mol. The number of amides is 1. The molecule has 6 nitrogen and oxygen atoms in total. The van der Waals surface area contributed by atoms with E-state index in [0.717, 1.165) is 0 Å². The minimum Gasteiger partial charge on any atom is -0.481 e. The first-order chi connectivity index (χ1) is 9.49. The summed E-state index contributed by atoms with van der Waals surface area (Å²) in [6, 6.07) is 6.78. The molecule has 1 aromatic carbocycles. The highest BCUT2D eigenvalue weighted by atomic mass is 16.5. The van der Waals surface area contributed by atoms with Crippen molar-refractivity contribution in [2.45, 2.75) is 24.8 Å². The van der Waals surface area contributed by atoms with E-state index in [4.69, 9.17) is 15.6 Å². The van der Waals surface area contributed by atoms with E-state index in [1.165, 1.54) is 0 Å². The Morgan fingerprint density at radius 1 is 1.35 bits per heavy atom. The van der Waals surface area contributed by atoms with Crippen LogP contribution in [0, 0.1) is 0 Å². The Morgan fingerprint density at radius 3 is 2.70 bits per heavy atom. The zero-order chi connectivity index (χ0) is 14.6. The topological polar surface area (TPSA) is 102 Å². The van der Waals surface area contributed by atoms with Gasteiger partial charge in [-0.2, -0.15) is 0 Å². The quantitative estimate of drug-likeness (QED) is 0.754. The zero-order valence-electron chi connectivity index (χ0n) is 11.1. The Balaban J connectivity index is 2.05. The molecule has 0 spiro atoms. The lowest BCUT2D eigenvalue weighted by molar-refractivity contribution is -0.136. The molecule has 0 saturated carbocycles. The van der Waals surface area contributed by atoms with Crippen LogP contribution in [0.4, 0.5) is 5.69 Å². The van der Waals surface area contributed by atoms with Gasteiger partial charge >= 0.3 is 5.97 Å². The normalized spacial score (nSPS) is 17.4. The van der Waals surface area contributed by atoms with Gasteiger partial charge < -0.3 is 20.9 Å². The van der Waals surface area contributed by atoms with Crippen molar-refractivity contribution in [3.05, 3.63) is 29.8 Å². The van der Waals surface area contributed by atoms with Crippen LogP contribution in [0.2, 0.25) is 0 Å². The first kappa shape index (κ1) is 14.5. The van der Waals surface area contributed by atoms with Crippen molar-refractivity contribution in [1.29, 1.82) is 0 Å². The van der Waals surface area contributed by atoms with Crippen LogP contribution in [-0.2, 0) is 20.7 Å². The van der Waals surface area contributed by atoms with Gasteiger partial charge in [0, 0.05) is 18.9 Å². The van der Waals surface area contributed by atoms with E-state index < -0.39 is 11.5 Å². The third-order valence-electron chi connectivity index (χ3n) is 3.38. The lowest BCUT2D eigenvalue weighted by atomic mass is 9.90. The largest absolute Gasteiger partial charge is 0.481 e. The molecule has 1 aliphatic rings. The monoisotopic (exact) mass is 278 g/mol. The minimum atomic E-state index is -0.916. The van der Waals surface area contributed by atoms with E-state index in [9.17, 15) is 9.59 Å². The molecular weight excluding hydrogens is 260 g/mol. The average molecular weight is 278 g/mol. The third kappa shape index (κ3) is 3.55. The number of hydrogen-bond donors (Lipinski definition) is 3. The Morgan fingerprint density at radius 2 is 2.05 bits per heavy atom. The molecule has 1 heterocycles. The van der Waals surface area contributed by atoms with Gasteiger partial charge in [-0.1, -0.05) is 12.1 Å². The fourth-order valence-corrected chi connectivity index (χ4v) is 2.15. The SMILES string of the molecule is NC1(C(=O)Nc2cccc(CC(=O)O)c2)CCOCC1. The van der Waals surface area contributed by atoms with Crippen LogP contribution in [-0.4, -0.2) is 35.7 Å². The summed E-state index contributed by atoms with van der Waals surface area (Å²) in [7, 11) is 0. The number of hydrogen-bond acceptors (Lipinski definition) is 4.